The van der Waals surface area contributed by atoms with Crippen molar-refractivity contribution in [3.8, 4) is 0 Å². The number of pyridine rings is 1. The summed E-state index contributed by atoms with van der Waals surface area (Å²) in [7, 11) is 0. The Hall–Kier alpha value is -1.87. The quantitative estimate of drug-likeness (QED) is 0.727. The lowest BCUT2D eigenvalue weighted by Crippen LogP contribution is -2.05. The molecule has 0 saturated heterocycles. The number of rotatable bonds is 3. The van der Waals surface area contributed by atoms with Crippen molar-refractivity contribution in [1.82, 2.24) is 14.5 Å². The summed E-state index contributed by atoms with van der Waals surface area (Å²) < 4.78 is 2.20. The SMILES string of the molecule is CCc1nc2ccccc2n1Cc1cc(Cl)ccn1. The fraction of sp³-hybridized carbons (Fsp3) is 0.200. The van der Waals surface area contributed by atoms with E-state index >= 15 is 0 Å². The van der Waals surface area contributed by atoms with Crippen LogP contribution in [0.15, 0.2) is 42.6 Å². The molecule has 0 saturated carbocycles. The van der Waals surface area contributed by atoms with Crippen molar-refractivity contribution in [2.24, 2.45) is 0 Å². The molecule has 0 N–H and O–H groups in total. The molecule has 0 fully saturated rings. The molecular weight excluding hydrogens is 258 g/mol. The zero-order valence-electron chi connectivity index (χ0n) is 10.7. The van der Waals surface area contributed by atoms with Crippen molar-refractivity contribution in [3.05, 3.63) is 59.1 Å². The molecule has 0 unspecified atom stereocenters. The van der Waals surface area contributed by atoms with Gasteiger partial charge in [0, 0.05) is 17.6 Å². The largest absolute Gasteiger partial charge is 0.322 e. The third-order valence-electron chi connectivity index (χ3n) is 3.15. The molecule has 0 radical (unpaired) electrons. The number of imidazole rings is 1. The van der Waals surface area contributed by atoms with Crippen LogP contribution in [0, 0.1) is 0 Å². The van der Waals surface area contributed by atoms with Crippen LogP contribution >= 0.6 is 11.6 Å². The summed E-state index contributed by atoms with van der Waals surface area (Å²) >= 11 is 6.01. The van der Waals surface area contributed by atoms with Crippen molar-refractivity contribution in [2.45, 2.75) is 19.9 Å². The van der Waals surface area contributed by atoms with Crippen LogP contribution in [0.2, 0.25) is 5.02 Å². The number of benzene rings is 1. The van der Waals surface area contributed by atoms with E-state index in [4.69, 9.17) is 11.6 Å². The third kappa shape index (κ3) is 2.34. The van der Waals surface area contributed by atoms with E-state index in [9.17, 15) is 0 Å². The summed E-state index contributed by atoms with van der Waals surface area (Å²) in [4.78, 5) is 9.02. The van der Waals surface area contributed by atoms with Gasteiger partial charge in [0.1, 0.15) is 5.82 Å². The summed E-state index contributed by atoms with van der Waals surface area (Å²) in [5.41, 5.74) is 3.12. The van der Waals surface area contributed by atoms with Crippen LogP contribution in [0.3, 0.4) is 0 Å². The van der Waals surface area contributed by atoms with E-state index in [0.29, 0.717) is 11.6 Å². The van der Waals surface area contributed by atoms with Crippen molar-refractivity contribution in [1.29, 1.82) is 0 Å². The minimum atomic E-state index is 0.699. The molecule has 3 aromatic rings. The Labute approximate surface area is 116 Å². The maximum Gasteiger partial charge on any atom is 0.109 e. The number of aromatic nitrogens is 3. The molecule has 0 bridgehead atoms. The maximum absolute atomic E-state index is 6.01. The Kier molecular flexibility index (Phi) is 3.22. The first-order valence-electron chi connectivity index (χ1n) is 6.32. The third-order valence-corrected chi connectivity index (χ3v) is 3.38. The van der Waals surface area contributed by atoms with Gasteiger partial charge < -0.3 is 4.57 Å². The molecule has 0 aliphatic carbocycles. The predicted molar refractivity (Wildman–Crippen MR) is 77.5 cm³/mol. The van der Waals surface area contributed by atoms with Gasteiger partial charge >= 0.3 is 0 Å². The number of halogens is 1. The standard InChI is InChI=1S/C15H14ClN3/c1-2-15-18-13-5-3-4-6-14(13)19(15)10-12-9-11(16)7-8-17-12/h3-9H,2,10H2,1H3. The molecule has 3 nitrogen and oxygen atoms in total. The maximum atomic E-state index is 6.01. The number of para-hydroxylation sites is 2. The van der Waals surface area contributed by atoms with Gasteiger partial charge in [0.25, 0.3) is 0 Å². The second-order valence-corrected chi connectivity index (χ2v) is 4.86. The van der Waals surface area contributed by atoms with E-state index in [1.165, 1.54) is 0 Å². The minimum absolute atomic E-state index is 0.699. The Morgan fingerprint density at radius 2 is 2.05 bits per heavy atom. The molecule has 0 amide bonds. The Morgan fingerprint density at radius 3 is 2.84 bits per heavy atom. The first kappa shape index (κ1) is 12.2. The average molecular weight is 272 g/mol. The highest BCUT2D eigenvalue weighted by molar-refractivity contribution is 6.30. The first-order chi connectivity index (χ1) is 9.28. The van der Waals surface area contributed by atoms with Gasteiger partial charge in [0.2, 0.25) is 0 Å². The van der Waals surface area contributed by atoms with Crippen molar-refractivity contribution in [3.63, 3.8) is 0 Å². The molecule has 96 valence electrons. The van der Waals surface area contributed by atoms with Gasteiger partial charge in [0.15, 0.2) is 0 Å². The van der Waals surface area contributed by atoms with Gasteiger partial charge in [-0.1, -0.05) is 30.7 Å². The average Bonchev–Trinajstić information content (AvgIpc) is 2.77. The van der Waals surface area contributed by atoms with Crippen LogP contribution in [-0.2, 0) is 13.0 Å². The highest BCUT2D eigenvalue weighted by Gasteiger charge is 2.09. The Bertz CT molecular complexity index is 718. The summed E-state index contributed by atoms with van der Waals surface area (Å²) in [5.74, 6) is 1.07. The minimum Gasteiger partial charge on any atom is -0.322 e. The first-order valence-corrected chi connectivity index (χ1v) is 6.70. The molecule has 4 heteroatoms. The van der Waals surface area contributed by atoms with E-state index in [1.54, 1.807) is 12.3 Å². The molecule has 19 heavy (non-hydrogen) atoms. The molecule has 3 rings (SSSR count). The summed E-state index contributed by atoms with van der Waals surface area (Å²) in [6, 6.07) is 11.9. The second-order valence-electron chi connectivity index (χ2n) is 4.42. The zero-order valence-corrected chi connectivity index (χ0v) is 11.4. The highest BCUT2D eigenvalue weighted by atomic mass is 35.5. The summed E-state index contributed by atoms with van der Waals surface area (Å²) in [5, 5.41) is 0.715. The molecule has 2 aromatic heterocycles. The molecule has 0 aliphatic heterocycles. The number of hydrogen-bond donors (Lipinski definition) is 0. The molecule has 0 aliphatic rings. The van der Waals surface area contributed by atoms with Crippen molar-refractivity contribution in [2.75, 3.05) is 0 Å². The van der Waals surface area contributed by atoms with Gasteiger partial charge in [-0.2, -0.15) is 0 Å². The number of fused-ring (bicyclic) bond motifs is 1. The van der Waals surface area contributed by atoms with Crippen LogP contribution in [0.4, 0.5) is 0 Å². The Balaban J connectivity index is 2.08. The normalized spacial score (nSPS) is 11.1. The van der Waals surface area contributed by atoms with Gasteiger partial charge in [-0.25, -0.2) is 4.98 Å². The fourth-order valence-electron chi connectivity index (χ4n) is 2.27. The van der Waals surface area contributed by atoms with Gasteiger partial charge in [-0.05, 0) is 24.3 Å². The fourth-order valence-corrected chi connectivity index (χ4v) is 2.45. The van der Waals surface area contributed by atoms with Gasteiger partial charge in [-0.3, -0.25) is 4.98 Å². The van der Waals surface area contributed by atoms with Crippen LogP contribution in [0.25, 0.3) is 11.0 Å². The van der Waals surface area contributed by atoms with E-state index in [0.717, 1.165) is 29.0 Å². The van der Waals surface area contributed by atoms with E-state index in [1.807, 2.05) is 24.3 Å². The number of hydrogen-bond acceptors (Lipinski definition) is 2. The number of aryl methyl sites for hydroxylation is 1. The van der Waals surface area contributed by atoms with Crippen molar-refractivity contribution < 1.29 is 0 Å². The molecule has 2 heterocycles. The summed E-state index contributed by atoms with van der Waals surface area (Å²) in [6.45, 7) is 2.81. The van der Waals surface area contributed by atoms with Gasteiger partial charge in [0.05, 0.1) is 23.3 Å². The lowest BCUT2D eigenvalue weighted by molar-refractivity contribution is 0.736. The van der Waals surface area contributed by atoms with E-state index in [-0.39, 0.29) is 0 Å². The smallest absolute Gasteiger partial charge is 0.109 e. The van der Waals surface area contributed by atoms with Crippen LogP contribution in [0.5, 0.6) is 0 Å². The highest BCUT2D eigenvalue weighted by Crippen LogP contribution is 2.18. The number of nitrogens with zero attached hydrogens (tertiary/aromatic N) is 3. The molecular formula is C15H14ClN3. The molecule has 0 atom stereocenters. The van der Waals surface area contributed by atoms with E-state index < -0.39 is 0 Å². The Morgan fingerprint density at radius 1 is 1.21 bits per heavy atom. The second kappa shape index (κ2) is 5.02. The molecule has 0 spiro atoms. The van der Waals surface area contributed by atoms with Gasteiger partial charge in [-0.15, -0.1) is 0 Å². The zero-order chi connectivity index (χ0) is 13.2. The lowest BCUT2D eigenvalue weighted by atomic mass is 10.3. The topological polar surface area (TPSA) is 30.7 Å². The van der Waals surface area contributed by atoms with Crippen molar-refractivity contribution >= 4 is 22.6 Å². The molecule has 1 aromatic carbocycles. The van der Waals surface area contributed by atoms with Crippen LogP contribution < -0.4 is 0 Å². The predicted octanol–water partition coefficient (Wildman–Crippen LogP) is 3.70. The lowest BCUT2D eigenvalue weighted by Gasteiger charge is -2.07. The van der Waals surface area contributed by atoms with E-state index in [2.05, 4.69) is 27.5 Å². The monoisotopic (exact) mass is 271 g/mol. The van der Waals surface area contributed by atoms with Crippen LogP contribution in [-0.4, -0.2) is 14.5 Å². The van der Waals surface area contributed by atoms with Crippen LogP contribution in [0.1, 0.15) is 18.4 Å². The summed E-state index contributed by atoms with van der Waals surface area (Å²) in [6.07, 6.45) is 2.64.